The zero-order valence-corrected chi connectivity index (χ0v) is 13.4. The van der Waals surface area contributed by atoms with E-state index in [-0.39, 0.29) is 0 Å². The lowest BCUT2D eigenvalue weighted by molar-refractivity contribution is 0.617. The van der Waals surface area contributed by atoms with Crippen molar-refractivity contribution in [1.29, 1.82) is 0 Å². The van der Waals surface area contributed by atoms with Gasteiger partial charge in [-0.1, -0.05) is 46.1 Å². The van der Waals surface area contributed by atoms with Crippen LogP contribution in [0.25, 0.3) is 0 Å². The molecule has 0 amide bonds. The molecule has 1 nitrogen and oxygen atoms in total. The van der Waals surface area contributed by atoms with Gasteiger partial charge in [0, 0.05) is 15.8 Å². The summed E-state index contributed by atoms with van der Waals surface area (Å²) < 4.78 is 0.907. The van der Waals surface area contributed by atoms with Crippen molar-refractivity contribution >= 4 is 56.6 Å². The van der Waals surface area contributed by atoms with Crippen LogP contribution in [0.2, 0.25) is 10.0 Å². The summed E-state index contributed by atoms with van der Waals surface area (Å²) in [5.41, 5.74) is 0.857. The fourth-order valence-corrected chi connectivity index (χ4v) is 4.44. The Kier molecular flexibility index (Phi) is 4.93. The maximum absolute atomic E-state index is 6.22. The molecule has 0 aromatic heterocycles. The van der Waals surface area contributed by atoms with Gasteiger partial charge in [-0.25, -0.2) is 0 Å². The number of benzene rings is 1. The first-order valence-electron chi connectivity index (χ1n) is 5.60. The van der Waals surface area contributed by atoms with Gasteiger partial charge < -0.3 is 5.32 Å². The van der Waals surface area contributed by atoms with Crippen LogP contribution in [0.15, 0.2) is 16.6 Å². The quantitative estimate of drug-likeness (QED) is 0.757. The van der Waals surface area contributed by atoms with Crippen molar-refractivity contribution in [1.82, 2.24) is 0 Å². The Bertz CT molecular complexity index is 390. The summed E-state index contributed by atoms with van der Waals surface area (Å²) in [6.07, 6.45) is 2.43. The molecule has 2 rings (SSSR count). The molecule has 1 aliphatic heterocycles. The molecular weight excluding hydrogens is 341 g/mol. The van der Waals surface area contributed by atoms with Gasteiger partial charge in [0.1, 0.15) is 0 Å². The lowest BCUT2D eigenvalue weighted by atomic mass is 10.1. The standard InChI is InChI=1S/C12H14BrCl2NS/c1-7-11(3-2-4-17-7)16-12-9(14)5-8(13)6-10(12)15/h5-7,11,16H,2-4H2,1H3. The minimum atomic E-state index is 0.449. The second-order valence-electron chi connectivity index (χ2n) is 4.21. The molecule has 1 aromatic carbocycles. The summed E-state index contributed by atoms with van der Waals surface area (Å²) in [4.78, 5) is 0. The van der Waals surface area contributed by atoms with Crippen LogP contribution >= 0.6 is 50.9 Å². The normalized spacial score (nSPS) is 24.7. The summed E-state index contributed by atoms with van der Waals surface area (Å²) in [5.74, 6) is 1.25. The molecule has 5 heteroatoms. The average Bonchev–Trinajstić information content (AvgIpc) is 2.25. The molecule has 1 aromatic rings. The number of thioether (sulfide) groups is 1. The van der Waals surface area contributed by atoms with Crippen LogP contribution in [0.3, 0.4) is 0 Å². The highest BCUT2D eigenvalue weighted by atomic mass is 79.9. The Morgan fingerprint density at radius 2 is 2.00 bits per heavy atom. The molecule has 1 N–H and O–H groups in total. The fourth-order valence-electron chi connectivity index (χ4n) is 1.98. The number of nitrogens with one attached hydrogen (secondary N) is 1. The van der Waals surface area contributed by atoms with E-state index in [0.717, 1.165) is 10.2 Å². The van der Waals surface area contributed by atoms with Gasteiger partial charge in [-0.2, -0.15) is 11.8 Å². The molecule has 0 spiro atoms. The Morgan fingerprint density at radius 1 is 1.35 bits per heavy atom. The Labute approximate surface area is 125 Å². The Morgan fingerprint density at radius 3 is 2.59 bits per heavy atom. The molecule has 2 unspecified atom stereocenters. The van der Waals surface area contributed by atoms with Crippen molar-refractivity contribution in [3.05, 3.63) is 26.7 Å². The summed E-state index contributed by atoms with van der Waals surface area (Å²) in [6.45, 7) is 2.25. The van der Waals surface area contributed by atoms with Gasteiger partial charge in [-0.3, -0.25) is 0 Å². The number of hydrogen-bond acceptors (Lipinski definition) is 2. The van der Waals surface area contributed by atoms with E-state index < -0.39 is 0 Å². The molecule has 1 aliphatic rings. The SMILES string of the molecule is CC1SCCCC1Nc1c(Cl)cc(Br)cc1Cl. The molecule has 0 aliphatic carbocycles. The van der Waals surface area contributed by atoms with E-state index >= 15 is 0 Å². The summed E-state index contributed by atoms with van der Waals surface area (Å²) in [5, 5.41) is 5.43. The predicted molar refractivity (Wildman–Crippen MR) is 82.7 cm³/mol. The third-order valence-corrected chi connectivity index (χ3v) is 5.38. The number of rotatable bonds is 2. The average molecular weight is 355 g/mol. The summed E-state index contributed by atoms with van der Waals surface area (Å²) in [6, 6.07) is 4.19. The van der Waals surface area contributed by atoms with E-state index in [1.807, 2.05) is 23.9 Å². The molecule has 2 atom stereocenters. The first-order chi connectivity index (χ1) is 8.08. The number of hydrogen-bond donors (Lipinski definition) is 1. The summed E-state index contributed by atoms with van der Waals surface area (Å²) >= 11 is 17.8. The van der Waals surface area contributed by atoms with Crippen LogP contribution in [-0.2, 0) is 0 Å². The largest absolute Gasteiger partial charge is 0.379 e. The van der Waals surface area contributed by atoms with E-state index in [1.54, 1.807) is 0 Å². The lowest BCUT2D eigenvalue weighted by Crippen LogP contribution is -2.32. The molecule has 0 bridgehead atoms. The molecule has 1 saturated heterocycles. The molecule has 1 fully saturated rings. The maximum Gasteiger partial charge on any atom is 0.0722 e. The molecule has 0 radical (unpaired) electrons. The van der Waals surface area contributed by atoms with Gasteiger partial charge >= 0.3 is 0 Å². The topological polar surface area (TPSA) is 12.0 Å². The fraction of sp³-hybridized carbons (Fsp3) is 0.500. The van der Waals surface area contributed by atoms with Gasteiger partial charge in [0.05, 0.1) is 15.7 Å². The Balaban J connectivity index is 2.17. The minimum absolute atomic E-state index is 0.449. The van der Waals surface area contributed by atoms with Crippen molar-refractivity contribution in [3.63, 3.8) is 0 Å². The van der Waals surface area contributed by atoms with E-state index in [2.05, 4.69) is 28.2 Å². The second kappa shape index (κ2) is 6.05. The maximum atomic E-state index is 6.22. The molecular formula is C12H14BrCl2NS. The van der Waals surface area contributed by atoms with Crippen LogP contribution in [0.5, 0.6) is 0 Å². The monoisotopic (exact) mass is 353 g/mol. The van der Waals surface area contributed by atoms with Crippen LogP contribution in [0.4, 0.5) is 5.69 Å². The van der Waals surface area contributed by atoms with Crippen molar-refractivity contribution in [2.24, 2.45) is 0 Å². The van der Waals surface area contributed by atoms with E-state index in [4.69, 9.17) is 23.2 Å². The van der Waals surface area contributed by atoms with E-state index in [9.17, 15) is 0 Å². The molecule has 17 heavy (non-hydrogen) atoms. The van der Waals surface area contributed by atoms with Crippen LogP contribution in [-0.4, -0.2) is 17.0 Å². The zero-order chi connectivity index (χ0) is 12.4. The van der Waals surface area contributed by atoms with Crippen molar-refractivity contribution in [2.45, 2.75) is 31.1 Å². The predicted octanol–water partition coefficient (Wildman–Crippen LogP) is 5.45. The number of halogens is 3. The first kappa shape index (κ1) is 13.9. The highest BCUT2D eigenvalue weighted by molar-refractivity contribution is 9.10. The van der Waals surface area contributed by atoms with Crippen LogP contribution in [0, 0.1) is 0 Å². The highest BCUT2D eigenvalue weighted by Gasteiger charge is 2.23. The van der Waals surface area contributed by atoms with E-state index in [1.165, 1.54) is 18.6 Å². The lowest BCUT2D eigenvalue weighted by Gasteiger charge is -2.30. The second-order valence-corrected chi connectivity index (χ2v) is 7.43. The van der Waals surface area contributed by atoms with Gasteiger partial charge in [0.15, 0.2) is 0 Å². The van der Waals surface area contributed by atoms with Gasteiger partial charge in [-0.15, -0.1) is 0 Å². The van der Waals surface area contributed by atoms with Crippen molar-refractivity contribution < 1.29 is 0 Å². The van der Waals surface area contributed by atoms with Crippen LogP contribution < -0.4 is 5.32 Å². The van der Waals surface area contributed by atoms with E-state index in [0.29, 0.717) is 21.3 Å². The van der Waals surface area contributed by atoms with Crippen molar-refractivity contribution in [2.75, 3.05) is 11.1 Å². The highest BCUT2D eigenvalue weighted by Crippen LogP contribution is 2.36. The molecule has 1 heterocycles. The molecule has 0 saturated carbocycles. The minimum Gasteiger partial charge on any atom is -0.379 e. The first-order valence-corrected chi connectivity index (χ1v) is 8.20. The third-order valence-electron chi connectivity index (χ3n) is 2.94. The molecule has 94 valence electrons. The van der Waals surface area contributed by atoms with Gasteiger partial charge in [0.25, 0.3) is 0 Å². The van der Waals surface area contributed by atoms with Crippen LogP contribution in [0.1, 0.15) is 19.8 Å². The zero-order valence-electron chi connectivity index (χ0n) is 9.47. The third kappa shape index (κ3) is 3.46. The number of anilines is 1. The van der Waals surface area contributed by atoms with Crippen molar-refractivity contribution in [3.8, 4) is 0 Å². The Hall–Kier alpha value is 0.430. The smallest absolute Gasteiger partial charge is 0.0722 e. The van der Waals surface area contributed by atoms with Gasteiger partial charge in [-0.05, 0) is 30.7 Å². The van der Waals surface area contributed by atoms with Gasteiger partial charge in [0.2, 0.25) is 0 Å². The summed E-state index contributed by atoms with van der Waals surface area (Å²) in [7, 11) is 0.